The summed E-state index contributed by atoms with van der Waals surface area (Å²) < 4.78 is 5.67. The maximum Gasteiger partial charge on any atom is 0.267 e. The lowest BCUT2D eigenvalue weighted by molar-refractivity contribution is 0.0995. The molecule has 4 nitrogen and oxygen atoms in total. The number of aryl methyl sites for hydroxylation is 1. The van der Waals surface area contributed by atoms with Crippen molar-refractivity contribution < 1.29 is 9.53 Å². The molecular formula is C11H14N2O2. The summed E-state index contributed by atoms with van der Waals surface area (Å²) in [4.78, 5) is 15.1. The molecule has 4 heteroatoms. The van der Waals surface area contributed by atoms with Crippen molar-refractivity contribution in [3.63, 3.8) is 0 Å². The molecule has 15 heavy (non-hydrogen) atoms. The molecule has 1 saturated carbocycles. The molecule has 0 atom stereocenters. The molecule has 0 radical (unpaired) electrons. The molecule has 0 spiro atoms. The average Bonchev–Trinajstić information content (AvgIpc) is 3.02. The molecule has 80 valence electrons. The largest absolute Gasteiger partial charge is 0.489 e. The van der Waals surface area contributed by atoms with Crippen LogP contribution in [-0.4, -0.2) is 17.0 Å². The van der Waals surface area contributed by atoms with Gasteiger partial charge in [0, 0.05) is 0 Å². The van der Waals surface area contributed by atoms with Gasteiger partial charge in [-0.2, -0.15) is 0 Å². The fourth-order valence-corrected chi connectivity index (χ4v) is 1.35. The Morgan fingerprint density at radius 1 is 1.60 bits per heavy atom. The molecule has 1 aliphatic carbocycles. The number of aromatic nitrogens is 1. The van der Waals surface area contributed by atoms with Crippen LogP contribution in [0.25, 0.3) is 0 Å². The van der Waals surface area contributed by atoms with E-state index in [4.69, 9.17) is 10.5 Å². The van der Waals surface area contributed by atoms with E-state index < -0.39 is 5.91 Å². The predicted molar refractivity (Wildman–Crippen MR) is 55.8 cm³/mol. The van der Waals surface area contributed by atoms with Gasteiger partial charge in [-0.25, -0.2) is 4.98 Å². The quantitative estimate of drug-likeness (QED) is 0.807. The highest BCUT2D eigenvalue weighted by molar-refractivity contribution is 5.90. The summed E-state index contributed by atoms with van der Waals surface area (Å²) in [7, 11) is 0. The van der Waals surface area contributed by atoms with Gasteiger partial charge >= 0.3 is 0 Å². The van der Waals surface area contributed by atoms with Crippen LogP contribution in [0.5, 0.6) is 5.75 Å². The van der Waals surface area contributed by atoms with Crippen molar-refractivity contribution >= 4 is 5.91 Å². The number of hydrogen-bond donors (Lipinski definition) is 1. The average molecular weight is 206 g/mol. The van der Waals surface area contributed by atoms with Gasteiger partial charge in [0.1, 0.15) is 11.4 Å². The zero-order valence-electron chi connectivity index (χ0n) is 8.69. The van der Waals surface area contributed by atoms with Crippen LogP contribution in [0.3, 0.4) is 0 Å². The van der Waals surface area contributed by atoms with E-state index in [1.807, 2.05) is 6.92 Å². The van der Waals surface area contributed by atoms with E-state index in [-0.39, 0.29) is 0 Å². The molecule has 1 aromatic rings. The van der Waals surface area contributed by atoms with E-state index in [0.717, 1.165) is 30.7 Å². The third kappa shape index (κ3) is 2.26. The van der Waals surface area contributed by atoms with Crippen molar-refractivity contribution in [2.45, 2.75) is 32.3 Å². The van der Waals surface area contributed by atoms with Gasteiger partial charge in [0.2, 0.25) is 0 Å². The van der Waals surface area contributed by atoms with Crippen LogP contribution in [0.15, 0.2) is 12.1 Å². The molecule has 0 aromatic carbocycles. The normalized spacial score (nSPS) is 15.0. The molecule has 1 amide bonds. The highest BCUT2D eigenvalue weighted by Crippen LogP contribution is 2.28. The standard InChI is InChI=1S/C11H14N2O2/c1-2-8-10(15-7-3-4-7)6-5-9(13-8)11(12)14/h5-7H,2-4H2,1H3,(H2,12,14). The SMILES string of the molecule is CCc1nc(C(N)=O)ccc1OC1CC1. The molecule has 1 fully saturated rings. The van der Waals surface area contributed by atoms with Gasteiger partial charge < -0.3 is 10.5 Å². The van der Waals surface area contributed by atoms with E-state index in [0.29, 0.717) is 11.8 Å². The van der Waals surface area contributed by atoms with Gasteiger partial charge in [-0.3, -0.25) is 4.79 Å². The first-order valence-corrected chi connectivity index (χ1v) is 5.17. The maximum atomic E-state index is 10.9. The summed E-state index contributed by atoms with van der Waals surface area (Å²) in [5, 5.41) is 0. The fraction of sp³-hybridized carbons (Fsp3) is 0.455. The maximum absolute atomic E-state index is 10.9. The van der Waals surface area contributed by atoms with Crippen molar-refractivity contribution in [2.24, 2.45) is 5.73 Å². The van der Waals surface area contributed by atoms with E-state index >= 15 is 0 Å². The Morgan fingerprint density at radius 3 is 2.87 bits per heavy atom. The Bertz CT molecular complexity index is 386. The van der Waals surface area contributed by atoms with Crippen LogP contribution >= 0.6 is 0 Å². The minimum atomic E-state index is -0.498. The molecule has 2 N–H and O–H groups in total. The van der Waals surface area contributed by atoms with Gasteiger partial charge in [0.15, 0.2) is 0 Å². The Hall–Kier alpha value is -1.58. The smallest absolute Gasteiger partial charge is 0.267 e. The topological polar surface area (TPSA) is 65.2 Å². The number of nitrogens with two attached hydrogens (primary N) is 1. The predicted octanol–water partition coefficient (Wildman–Crippen LogP) is 1.28. The minimum Gasteiger partial charge on any atom is -0.489 e. The van der Waals surface area contributed by atoms with Gasteiger partial charge in [-0.1, -0.05) is 6.92 Å². The van der Waals surface area contributed by atoms with Crippen molar-refractivity contribution in [1.82, 2.24) is 4.98 Å². The molecule has 0 saturated heterocycles. The Kier molecular flexibility index (Phi) is 2.58. The highest BCUT2D eigenvalue weighted by Gasteiger charge is 2.24. The number of primary amides is 1. The molecule has 1 heterocycles. The first-order chi connectivity index (χ1) is 7.20. The van der Waals surface area contributed by atoms with Crippen LogP contribution in [-0.2, 0) is 6.42 Å². The van der Waals surface area contributed by atoms with E-state index in [1.165, 1.54) is 0 Å². The highest BCUT2D eigenvalue weighted by atomic mass is 16.5. The molecule has 1 aromatic heterocycles. The third-order valence-electron chi connectivity index (χ3n) is 2.34. The summed E-state index contributed by atoms with van der Waals surface area (Å²) in [6.45, 7) is 1.98. The number of rotatable bonds is 4. The molecular weight excluding hydrogens is 192 g/mol. The van der Waals surface area contributed by atoms with Crippen molar-refractivity contribution in [1.29, 1.82) is 0 Å². The van der Waals surface area contributed by atoms with E-state index in [1.54, 1.807) is 12.1 Å². The van der Waals surface area contributed by atoms with Crippen LogP contribution in [0.2, 0.25) is 0 Å². The Morgan fingerprint density at radius 2 is 2.33 bits per heavy atom. The number of nitrogens with zero attached hydrogens (tertiary/aromatic N) is 1. The molecule has 2 rings (SSSR count). The number of amides is 1. The Labute approximate surface area is 88.4 Å². The second kappa shape index (κ2) is 3.88. The van der Waals surface area contributed by atoms with Crippen LogP contribution < -0.4 is 10.5 Å². The van der Waals surface area contributed by atoms with Crippen molar-refractivity contribution in [3.05, 3.63) is 23.5 Å². The second-order valence-corrected chi connectivity index (χ2v) is 3.68. The van der Waals surface area contributed by atoms with E-state index in [2.05, 4.69) is 4.98 Å². The van der Waals surface area contributed by atoms with Crippen molar-refractivity contribution in [3.8, 4) is 5.75 Å². The lowest BCUT2D eigenvalue weighted by atomic mass is 10.2. The molecule has 0 aliphatic heterocycles. The third-order valence-corrected chi connectivity index (χ3v) is 2.34. The van der Waals surface area contributed by atoms with Crippen molar-refractivity contribution in [2.75, 3.05) is 0 Å². The zero-order valence-corrected chi connectivity index (χ0v) is 8.69. The lowest BCUT2D eigenvalue weighted by Crippen LogP contribution is -2.14. The Balaban J connectivity index is 2.25. The molecule has 0 unspecified atom stereocenters. The monoisotopic (exact) mass is 206 g/mol. The molecule has 0 bridgehead atoms. The van der Waals surface area contributed by atoms with Crippen LogP contribution in [0, 0.1) is 0 Å². The molecule has 1 aliphatic rings. The summed E-state index contributed by atoms with van der Waals surface area (Å²) in [6.07, 6.45) is 3.31. The number of pyridine rings is 1. The minimum absolute atomic E-state index is 0.301. The number of carbonyl (C=O) groups excluding carboxylic acids is 1. The summed E-state index contributed by atoms with van der Waals surface area (Å²) >= 11 is 0. The number of hydrogen-bond acceptors (Lipinski definition) is 3. The first-order valence-electron chi connectivity index (χ1n) is 5.17. The summed E-state index contributed by atoms with van der Waals surface area (Å²) in [6, 6.07) is 3.39. The fourth-order valence-electron chi connectivity index (χ4n) is 1.35. The number of carbonyl (C=O) groups is 1. The van der Waals surface area contributed by atoms with Gasteiger partial charge in [0.05, 0.1) is 11.8 Å². The number of ether oxygens (including phenoxy) is 1. The first kappa shape index (κ1) is 9.96. The summed E-state index contributed by atoms with van der Waals surface area (Å²) in [5.41, 5.74) is 6.26. The zero-order chi connectivity index (χ0) is 10.8. The van der Waals surface area contributed by atoms with Gasteiger partial charge in [0.25, 0.3) is 5.91 Å². The van der Waals surface area contributed by atoms with Gasteiger partial charge in [-0.05, 0) is 31.4 Å². The summed E-state index contributed by atoms with van der Waals surface area (Å²) in [5.74, 6) is 0.285. The lowest BCUT2D eigenvalue weighted by Gasteiger charge is -2.09. The van der Waals surface area contributed by atoms with Gasteiger partial charge in [-0.15, -0.1) is 0 Å². The second-order valence-electron chi connectivity index (χ2n) is 3.68. The van der Waals surface area contributed by atoms with Crippen LogP contribution in [0.4, 0.5) is 0 Å². The van der Waals surface area contributed by atoms with Crippen LogP contribution in [0.1, 0.15) is 35.9 Å². The van der Waals surface area contributed by atoms with E-state index in [9.17, 15) is 4.79 Å².